The third kappa shape index (κ3) is 3.41. The van der Waals surface area contributed by atoms with Crippen LogP contribution in [0.1, 0.15) is 21.5 Å². The first-order valence-electron chi connectivity index (χ1n) is 7.80. The van der Waals surface area contributed by atoms with E-state index in [1.807, 2.05) is 22.6 Å². The van der Waals surface area contributed by atoms with E-state index in [9.17, 15) is 18.4 Å². The predicted molar refractivity (Wildman–Crippen MR) is 103 cm³/mol. The minimum atomic E-state index is -0.583. The van der Waals surface area contributed by atoms with Gasteiger partial charge in [0.05, 0.1) is 17.7 Å². The molecule has 0 atom stereocenters. The zero-order valence-electron chi connectivity index (χ0n) is 13.5. The number of aliphatic hydroxyl groups is 1. The Labute approximate surface area is 161 Å². The first-order chi connectivity index (χ1) is 12.5. The number of benzene rings is 2. The number of aromatic nitrogens is 1. The molecule has 2 aromatic carbocycles. The fourth-order valence-corrected chi connectivity index (χ4v) is 3.43. The van der Waals surface area contributed by atoms with Crippen LogP contribution in [0.25, 0.3) is 10.9 Å². The van der Waals surface area contributed by atoms with Crippen molar-refractivity contribution in [2.24, 2.45) is 0 Å². The standard InChI is InChI=1S/C19H14F2INO3/c20-15-8-17-14(19(26)13(10-25)9-23(17)4-5-24)7-12(15)6-11-2-1-3-16(22)18(11)21/h1-3,7-10,24H,4-6H2. The van der Waals surface area contributed by atoms with Gasteiger partial charge < -0.3 is 9.67 Å². The summed E-state index contributed by atoms with van der Waals surface area (Å²) >= 11 is 1.86. The van der Waals surface area contributed by atoms with E-state index >= 15 is 0 Å². The van der Waals surface area contributed by atoms with E-state index in [1.165, 1.54) is 22.9 Å². The summed E-state index contributed by atoms with van der Waals surface area (Å²) in [6.07, 6.45) is 1.71. The van der Waals surface area contributed by atoms with Crippen molar-refractivity contribution in [3.05, 3.63) is 78.6 Å². The number of halogens is 3. The molecule has 3 rings (SSSR count). The van der Waals surface area contributed by atoms with Crippen LogP contribution < -0.4 is 5.43 Å². The Hall–Kier alpha value is -2.13. The quantitative estimate of drug-likeness (QED) is 0.461. The highest BCUT2D eigenvalue weighted by Crippen LogP contribution is 2.23. The lowest BCUT2D eigenvalue weighted by atomic mass is 10.0. The largest absolute Gasteiger partial charge is 0.395 e. The van der Waals surface area contributed by atoms with Gasteiger partial charge in [0, 0.05) is 28.1 Å². The van der Waals surface area contributed by atoms with Gasteiger partial charge in [0.2, 0.25) is 0 Å². The van der Waals surface area contributed by atoms with Crippen molar-refractivity contribution < 1.29 is 18.7 Å². The van der Waals surface area contributed by atoms with Crippen LogP contribution in [0.3, 0.4) is 0 Å². The normalized spacial score (nSPS) is 11.1. The van der Waals surface area contributed by atoms with Gasteiger partial charge in [-0.1, -0.05) is 12.1 Å². The summed E-state index contributed by atoms with van der Waals surface area (Å²) in [7, 11) is 0. The number of aldehydes is 1. The summed E-state index contributed by atoms with van der Waals surface area (Å²) in [5.41, 5.74) is 0.156. The number of rotatable bonds is 5. The molecule has 0 fully saturated rings. The van der Waals surface area contributed by atoms with Crippen molar-refractivity contribution in [1.82, 2.24) is 4.57 Å². The lowest BCUT2D eigenvalue weighted by Gasteiger charge is -2.13. The summed E-state index contributed by atoms with van der Waals surface area (Å²) in [5.74, 6) is -1.01. The lowest BCUT2D eigenvalue weighted by molar-refractivity contribution is 0.112. The Morgan fingerprint density at radius 1 is 1.19 bits per heavy atom. The minimum Gasteiger partial charge on any atom is -0.395 e. The van der Waals surface area contributed by atoms with Crippen LogP contribution >= 0.6 is 22.6 Å². The smallest absolute Gasteiger partial charge is 0.199 e. The van der Waals surface area contributed by atoms with E-state index < -0.39 is 17.1 Å². The molecular weight excluding hydrogens is 455 g/mol. The third-order valence-electron chi connectivity index (χ3n) is 4.16. The molecule has 0 spiro atoms. The number of hydrogen-bond donors (Lipinski definition) is 1. The van der Waals surface area contributed by atoms with Crippen LogP contribution in [-0.4, -0.2) is 22.6 Å². The molecule has 1 aromatic heterocycles. The Balaban J connectivity index is 2.20. The third-order valence-corrected chi connectivity index (χ3v) is 4.99. The van der Waals surface area contributed by atoms with Gasteiger partial charge in [-0.15, -0.1) is 0 Å². The van der Waals surface area contributed by atoms with Crippen LogP contribution in [0, 0.1) is 15.2 Å². The number of hydrogen-bond acceptors (Lipinski definition) is 3. The number of carbonyl (C=O) groups is 1. The highest BCUT2D eigenvalue weighted by atomic mass is 127. The van der Waals surface area contributed by atoms with E-state index in [-0.39, 0.29) is 41.6 Å². The molecule has 26 heavy (non-hydrogen) atoms. The first kappa shape index (κ1) is 18.7. The summed E-state index contributed by atoms with van der Waals surface area (Å²) in [6, 6.07) is 7.39. The van der Waals surface area contributed by atoms with Gasteiger partial charge in [-0.2, -0.15) is 0 Å². The SMILES string of the molecule is O=Cc1cn(CCO)c2cc(F)c(Cc3cccc(I)c3F)cc2c1=O. The predicted octanol–water partition coefficient (Wildman–Crippen LogP) is 3.28. The maximum absolute atomic E-state index is 14.6. The second kappa shape index (κ2) is 7.63. The molecule has 0 amide bonds. The van der Waals surface area contributed by atoms with E-state index in [0.29, 0.717) is 15.4 Å². The monoisotopic (exact) mass is 469 g/mol. The average Bonchev–Trinajstić information content (AvgIpc) is 2.62. The number of fused-ring (bicyclic) bond motifs is 1. The molecule has 0 saturated heterocycles. The molecule has 0 radical (unpaired) electrons. The Morgan fingerprint density at radius 2 is 1.96 bits per heavy atom. The maximum Gasteiger partial charge on any atom is 0.199 e. The minimum absolute atomic E-state index is 0.0186. The zero-order chi connectivity index (χ0) is 18.8. The summed E-state index contributed by atoms with van der Waals surface area (Å²) in [5, 5.41) is 9.32. The molecule has 3 aromatic rings. The molecular formula is C19H14F2INO3. The van der Waals surface area contributed by atoms with Gasteiger partial charge in [0.25, 0.3) is 0 Å². The molecule has 4 nitrogen and oxygen atoms in total. The van der Waals surface area contributed by atoms with Crippen LogP contribution in [-0.2, 0) is 13.0 Å². The van der Waals surface area contributed by atoms with Crippen molar-refractivity contribution in [2.45, 2.75) is 13.0 Å². The summed E-state index contributed by atoms with van der Waals surface area (Å²) in [6.45, 7) is -0.116. The highest BCUT2D eigenvalue weighted by Gasteiger charge is 2.15. The van der Waals surface area contributed by atoms with Crippen molar-refractivity contribution in [2.75, 3.05) is 6.61 Å². The van der Waals surface area contributed by atoms with E-state index in [1.54, 1.807) is 18.2 Å². The lowest BCUT2D eigenvalue weighted by Crippen LogP contribution is -2.16. The highest BCUT2D eigenvalue weighted by molar-refractivity contribution is 14.1. The van der Waals surface area contributed by atoms with Crippen LogP contribution in [0.5, 0.6) is 0 Å². The molecule has 1 heterocycles. The Kier molecular flexibility index (Phi) is 5.47. The van der Waals surface area contributed by atoms with E-state index in [4.69, 9.17) is 5.11 Å². The fraction of sp³-hybridized carbons (Fsp3) is 0.158. The Bertz CT molecular complexity index is 1060. The van der Waals surface area contributed by atoms with Crippen molar-refractivity contribution in [3.63, 3.8) is 0 Å². The van der Waals surface area contributed by atoms with Crippen molar-refractivity contribution in [1.29, 1.82) is 0 Å². The molecule has 0 unspecified atom stereocenters. The van der Waals surface area contributed by atoms with Crippen molar-refractivity contribution in [3.8, 4) is 0 Å². The molecule has 0 aliphatic rings. The van der Waals surface area contributed by atoms with Gasteiger partial charge in [0.15, 0.2) is 11.7 Å². The van der Waals surface area contributed by atoms with Crippen LogP contribution in [0.15, 0.2) is 41.3 Å². The number of pyridine rings is 1. The zero-order valence-corrected chi connectivity index (χ0v) is 15.7. The second-order valence-electron chi connectivity index (χ2n) is 5.80. The molecule has 0 bridgehead atoms. The fourth-order valence-electron chi connectivity index (χ4n) is 2.88. The van der Waals surface area contributed by atoms with Gasteiger partial charge in [-0.05, 0) is 51.9 Å². The number of carbonyl (C=O) groups excluding carboxylic acids is 1. The molecule has 0 saturated carbocycles. The second-order valence-corrected chi connectivity index (χ2v) is 6.96. The first-order valence-corrected chi connectivity index (χ1v) is 8.88. The van der Waals surface area contributed by atoms with Crippen LogP contribution in [0.4, 0.5) is 8.78 Å². The van der Waals surface area contributed by atoms with E-state index in [2.05, 4.69) is 0 Å². The van der Waals surface area contributed by atoms with Crippen molar-refractivity contribution >= 4 is 39.8 Å². The molecule has 134 valence electrons. The van der Waals surface area contributed by atoms with Gasteiger partial charge in [0.1, 0.15) is 11.6 Å². The van der Waals surface area contributed by atoms with Gasteiger partial charge >= 0.3 is 0 Å². The molecule has 0 aliphatic heterocycles. The maximum atomic E-state index is 14.6. The summed E-state index contributed by atoms with van der Waals surface area (Å²) < 4.78 is 30.7. The summed E-state index contributed by atoms with van der Waals surface area (Å²) in [4.78, 5) is 23.6. The van der Waals surface area contributed by atoms with Gasteiger partial charge in [-0.3, -0.25) is 9.59 Å². The molecule has 0 aliphatic carbocycles. The van der Waals surface area contributed by atoms with Crippen LogP contribution in [0.2, 0.25) is 0 Å². The molecule has 1 N–H and O–H groups in total. The average molecular weight is 469 g/mol. The van der Waals surface area contributed by atoms with E-state index in [0.717, 1.165) is 0 Å². The Morgan fingerprint density at radius 3 is 2.65 bits per heavy atom. The topological polar surface area (TPSA) is 59.3 Å². The molecule has 7 heteroatoms. The number of nitrogens with zero attached hydrogens (tertiary/aromatic N) is 1. The number of aliphatic hydroxyl groups excluding tert-OH is 1. The van der Waals surface area contributed by atoms with Gasteiger partial charge in [-0.25, -0.2) is 8.78 Å².